The van der Waals surface area contributed by atoms with Crippen molar-refractivity contribution in [3.05, 3.63) is 58.7 Å². The zero-order chi connectivity index (χ0) is 18.4. The Labute approximate surface area is 148 Å². The standard InChI is InChI=1S/C21H24O4/c1-21(2,17-9-7-15(5-3-11-22)13-19(17)24)18-10-8-16(6-4-12-23)14-20(18)25/h7-14,24-25H,3-6H2,1-2H3. The maximum Gasteiger partial charge on any atom is 0.120 e. The lowest BCUT2D eigenvalue weighted by molar-refractivity contribution is -0.108. The molecule has 0 saturated heterocycles. The highest BCUT2D eigenvalue weighted by atomic mass is 16.3. The van der Waals surface area contributed by atoms with Crippen LogP contribution in [0.25, 0.3) is 0 Å². The Morgan fingerprint density at radius 1 is 0.800 bits per heavy atom. The summed E-state index contributed by atoms with van der Waals surface area (Å²) >= 11 is 0. The third-order valence-corrected chi connectivity index (χ3v) is 4.57. The number of benzene rings is 2. The minimum Gasteiger partial charge on any atom is -0.508 e. The predicted octanol–water partition coefficient (Wildman–Crippen LogP) is 3.69. The van der Waals surface area contributed by atoms with E-state index >= 15 is 0 Å². The number of hydrogen-bond acceptors (Lipinski definition) is 4. The van der Waals surface area contributed by atoms with Crippen LogP contribution in [0, 0.1) is 0 Å². The molecule has 4 heteroatoms. The van der Waals surface area contributed by atoms with Crippen molar-refractivity contribution in [2.75, 3.05) is 0 Å². The Balaban J connectivity index is 2.34. The van der Waals surface area contributed by atoms with Gasteiger partial charge in [0.25, 0.3) is 0 Å². The van der Waals surface area contributed by atoms with E-state index in [-0.39, 0.29) is 11.5 Å². The van der Waals surface area contributed by atoms with Gasteiger partial charge in [-0.2, -0.15) is 0 Å². The molecule has 0 radical (unpaired) electrons. The lowest BCUT2D eigenvalue weighted by atomic mass is 9.76. The average molecular weight is 340 g/mol. The van der Waals surface area contributed by atoms with E-state index in [4.69, 9.17) is 0 Å². The van der Waals surface area contributed by atoms with E-state index in [0.717, 1.165) is 23.7 Å². The van der Waals surface area contributed by atoms with E-state index in [2.05, 4.69) is 0 Å². The van der Waals surface area contributed by atoms with Gasteiger partial charge in [-0.15, -0.1) is 0 Å². The Morgan fingerprint density at radius 2 is 1.20 bits per heavy atom. The third-order valence-electron chi connectivity index (χ3n) is 4.57. The lowest BCUT2D eigenvalue weighted by Gasteiger charge is -2.28. The van der Waals surface area contributed by atoms with Crippen molar-refractivity contribution in [3.8, 4) is 11.5 Å². The zero-order valence-corrected chi connectivity index (χ0v) is 14.7. The summed E-state index contributed by atoms with van der Waals surface area (Å²) in [4.78, 5) is 21.0. The fourth-order valence-corrected chi connectivity index (χ4v) is 3.12. The van der Waals surface area contributed by atoms with Crippen LogP contribution in [0.4, 0.5) is 0 Å². The molecule has 0 bridgehead atoms. The van der Waals surface area contributed by atoms with E-state index < -0.39 is 5.41 Å². The summed E-state index contributed by atoms with van der Waals surface area (Å²) in [5.41, 5.74) is 2.62. The van der Waals surface area contributed by atoms with E-state index in [1.807, 2.05) is 38.1 Å². The van der Waals surface area contributed by atoms with Crippen LogP contribution in [0.5, 0.6) is 11.5 Å². The molecule has 0 saturated carbocycles. The van der Waals surface area contributed by atoms with Crippen molar-refractivity contribution in [2.24, 2.45) is 0 Å². The van der Waals surface area contributed by atoms with Crippen molar-refractivity contribution in [3.63, 3.8) is 0 Å². The number of hydrogen-bond donors (Lipinski definition) is 2. The summed E-state index contributed by atoms with van der Waals surface area (Å²) in [5.74, 6) is 0.302. The SMILES string of the molecule is CC(C)(c1ccc(CCC=O)cc1O)c1ccc(CCC=O)cc1O. The Bertz CT molecular complexity index is 699. The fraction of sp³-hybridized carbons (Fsp3) is 0.333. The van der Waals surface area contributed by atoms with Gasteiger partial charge in [0.1, 0.15) is 24.1 Å². The van der Waals surface area contributed by atoms with Gasteiger partial charge >= 0.3 is 0 Å². The van der Waals surface area contributed by atoms with Gasteiger partial charge < -0.3 is 19.8 Å². The molecule has 0 unspecified atom stereocenters. The van der Waals surface area contributed by atoms with Crippen LogP contribution in [0.1, 0.15) is 48.9 Å². The number of carbonyl (C=O) groups excluding carboxylic acids is 2. The smallest absolute Gasteiger partial charge is 0.120 e. The molecule has 0 aliphatic carbocycles. The van der Waals surface area contributed by atoms with E-state index in [0.29, 0.717) is 36.8 Å². The van der Waals surface area contributed by atoms with Gasteiger partial charge in [-0.3, -0.25) is 0 Å². The van der Waals surface area contributed by atoms with Gasteiger partial charge in [0.2, 0.25) is 0 Å². The van der Waals surface area contributed by atoms with Gasteiger partial charge in [0.05, 0.1) is 0 Å². The summed E-state index contributed by atoms with van der Waals surface area (Å²) in [6, 6.07) is 10.8. The summed E-state index contributed by atoms with van der Waals surface area (Å²) in [6.45, 7) is 3.88. The number of aromatic hydroxyl groups is 2. The summed E-state index contributed by atoms with van der Waals surface area (Å²) in [5, 5.41) is 20.9. The van der Waals surface area contributed by atoms with Gasteiger partial charge in [-0.25, -0.2) is 0 Å². The van der Waals surface area contributed by atoms with Gasteiger partial charge in [0, 0.05) is 29.4 Å². The third kappa shape index (κ3) is 4.27. The fourth-order valence-electron chi connectivity index (χ4n) is 3.12. The average Bonchev–Trinajstić information content (AvgIpc) is 2.57. The van der Waals surface area contributed by atoms with Gasteiger partial charge in [-0.05, 0) is 36.1 Å². The highest BCUT2D eigenvalue weighted by molar-refractivity contribution is 5.54. The molecule has 2 rings (SSSR count). The Morgan fingerprint density at radius 3 is 1.52 bits per heavy atom. The number of carbonyl (C=O) groups is 2. The topological polar surface area (TPSA) is 74.6 Å². The molecule has 0 amide bonds. The first kappa shape index (κ1) is 18.7. The van der Waals surface area contributed by atoms with E-state index in [1.54, 1.807) is 12.1 Å². The summed E-state index contributed by atoms with van der Waals surface area (Å²) < 4.78 is 0. The molecule has 0 atom stereocenters. The monoisotopic (exact) mass is 340 g/mol. The number of aldehydes is 2. The Hall–Kier alpha value is -2.62. The van der Waals surface area contributed by atoms with Crippen LogP contribution in [0.2, 0.25) is 0 Å². The number of phenolic OH excluding ortho intramolecular Hbond substituents is 2. The minimum atomic E-state index is -0.597. The predicted molar refractivity (Wildman–Crippen MR) is 97.1 cm³/mol. The lowest BCUT2D eigenvalue weighted by Crippen LogP contribution is -2.19. The highest BCUT2D eigenvalue weighted by Gasteiger charge is 2.29. The van der Waals surface area contributed by atoms with Crippen LogP contribution in [0.15, 0.2) is 36.4 Å². The van der Waals surface area contributed by atoms with Gasteiger partial charge in [0.15, 0.2) is 0 Å². The van der Waals surface area contributed by atoms with Gasteiger partial charge in [-0.1, -0.05) is 38.1 Å². The molecular weight excluding hydrogens is 316 g/mol. The second-order valence-electron chi connectivity index (χ2n) is 6.74. The first-order valence-electron chi connectivity index (χ1n) is 8.42. The molecule has 25 heavy (non-hydrogen) atoms. The first-order chi connectivity index (χ1) is 11.9. The molecule has 0 aromatic heterocycles. The van der Waals surface area contributed by atoms with Crippen molar-refractivity contribution < 1.29 is 19.8 Å². The first-order valence-corrected chi connectivity index (χ1v) is 8.42. The highest BCUT2D eigenvalue weighted by Crippen LogP contribution is 2.41. The molecule has 2 N–H and O–H groups in total. The summed E-state index contributed by atoms with van der Waals surface area (Å²) in [6.07, 6.45) is 3.75. The Kier molecular flexibility index (Phi) is 5.97. The van der Waals surface area contributed by atoms with Crippen molar-refractivity contribution >= 4 is 12.6 Å². The van der Waals surface area contributed by atoms with Crippen molar-refractivity contribution in [1.29, 1.82) is 0 Å². The molecule has 0 aliphatic heterocycles. The number of aryl methyl sites for hydroxylation is 2. The summed E-state index contributed by atoms with van der Waals surface area (Å²) in [7, 11) is 0. The second-order valence-corrected chi connectivity index (χ2v) is 6.74. The van der Waals surface area contributed by atoms with E-state index in [9.17, 15) is 19.8 Å². The van der Waals surface area contributed by atoms with E-state index in [1.165, 1.54) is 0 Å². The van der Waals surface area contributed by atoms with Crippen LogP contribution in [-0.2, 0) is 27.8 Å². The molecule has 132 valence electrons. The van der Waals surface area contributed by atoms with Crippen LogP contribution >= 0.6 is 0 Å². The van der Waals surface area contributed by atoms with Crippen LogP contribution in [-0.4, -0.2) is 22.8 Å². The molecule has 0 spiro atoms. The van der Waals surface area contributed by atoms with Crippen LogP contribution < -0.4 is 0 Å². The minimum absolute atomic E-state index is 0.151. The quantitative estimate of drug-likeness (QED) is 0.719. The molecular formula is C21H24O4. The molecule has 0 heterocycles. The normalized spacial score (nSPS) is 11.3. The molecule has 2 aromatic carbocycles. The van der Waals surface area contributed by atoms with Crippen LogP contribution in [0.3, 0.4) is 0 Å². The number of phenols is 2. The number of rotatable bonds is 8. The maximum absolute atomic E-state index is 10.5. The van der Waals surface area contributed by atoms with Crippen molar-refractivity contribution in [1.82, 2.24) is 0 Å². The van der Waals surface area contributed by atoms with Crippen molar-refractivity contribution in [2.45, 2.75) is 44.9 Å². The molecule has 0 aliphatic rings. The maximum atomic E-state index is 10.5. The zero-order valence-electron chi connectivity index (χ0n) is 14.7. The molecule has 4 nitrogen and oxygen atoms in total. The molecule has 2 aromatic rings. The largest absolute Gasteiger partial charge is 0.508 e. The second kappa shape index (κ2) is 7.97. The molecule has 0 fully saturated rings.